The predicted octanol–water partition coefficient (Wildman–Crippen LogP) is 2.82. The number of methoxy groups -OCH3 is 1. The van der Waals surface area contributed by atoms with Gasteiger partial charge in [-0.2, -0.15) is 11.8 Å². The second-order valence-electron chi connectivity index (χ2n) is 5.49. The summed E-state index contributed by atoms with van der Waals surface area (Å²) in [7, 11) is 1.44. The molecular formula is C17H20N2O3S. The molecule has 1 fully saturated rings. The van der Waals surface area contributed by atoms with Crippen LogP contribution in [0.4, 0.5) is 0 Å². The molecule has 122 valence electrons. The molecule has 2 aromatic rings. The Kier molecular flexibility index (Phi) is 5.35. The SMILES string of the molecule is COC(=O)C[C@H]1CSCCN1Cc1coc(-c2ccccc2)n1. The second-order valence-corrected chi connectivity index (χ2v) is 6.64. The van der Waals surface area contributed by atoms with Crippen LogP contribution in [-0.4, -0.2) is 47.1 Å². The van der Waals surface area contributed by atoms with Crippen molar-refractivity contribution >= 4 is 17.7 Å². The molecule has 3 rings (SSSR count). The summed E-state index contributed by atoms with van der Waals surface area (Å²) >= 11 is 1.88. The van der Waals surface area contributed by atoms with E-state index in [0.717, 1.165) is 29.3 Å². The number of carbonyl (C=O) groups is 1. The Morgan fingerprint density at radius 3 is 3.04 bits per heavy atom. The van der Waals surface area contributed by atoms with Crippen LogP contribution < -0.4 is 0 Å². The van der Waals surface area contributed by atoms with Crippen molar-refractivity contribution in [3.8, 4) is 11.5 Å². The summed E-state index contributed by atoms with van der Waals surface area (Å²) in [4.78, 5) is 18.4. The number of oxazole rings is 1. The van der Waals surface area contributed by atoms with Gasteiger partial charge in [0.1, 0.15) is 6.26 Å². The van der Waals surface area contributed by atoms with Crippen LogP contribution in [-0.2, 0) is 16.1 Å². The molecule has 0 spiro atoms. The zero-order chi connectivity index (χ0) is 16.1. The molecule has 1 saturated heterocycles. The fourth-order valence-corrected chi connectivity index (χ4v) is 3.79. The Labute approximate surface area is 140 Å². The van der Waals surface area contributed by atoms with Gasteiger partial charge in [-0.05, 0) is 12.1 Å². The Morgan fingerprint density at radius 2 is 2.26 bits per heavy atom. The molecule has 2 heterocycles. The van der Waals surface area contributed by atoms with E-state index in [-0.39, 0.29) is 12.0 Å². The lowest BCUT2D eigenvalue weighted by Crippen LogP contribution is -2.43. The van der Waals surface area contributed by atoms with E-state index >= 15 is 0 Å². The largest absolute Gasteiger partial charge is 0.469 e. The van der Waals surface area contributed by atoms with Crippen molar-refractivity contribution in [2.75, 3.05) is 25.2 Å². The summed E-state index contributed by atoms with van der Waals surface area (Å²) in [6, 6.07) is 10.1. The number of nitrogens with zero attached hydrogens (tertiary/aromatic N) is 2. The maximum Gasteiger partial charge on any atom is 0.307 e. The van der Waals surface area contributed by atoms with Crippen LogP contribution in [0.15, 0.2) is 41.0 Å². The molecule has 6 heteroatoms. The summed E-state index contributed by atoms with van der Waals surface area (Å²) < 4.78 is 10.4. The second kappa shape index (κ2) is 7.66. The van der Waals surface area contributed by atoms with E-state index in [1.807, 2.05) is 42.1 Å². The lowest BCUT2D eigenvalue weighted by atomic mass is 10.2. The number of hydrogen-bond donors (Lipinski definition) is 0. The first kappa shape index (κ1) is 16.1. The van der Waals surface area contributed by atoms with Crippen molar-refractivity contribution in [2.24, 2.45) is 0 Å². The van der Waals surface area contributed by atoms with Crippen LogP contribution in [0, 0.1) is 0 Å². The van der Waals surface area contributed by atoms with Crippen LogP contribution in [0.2, 0.25) is 0 Å². The molecule has 0 amide bonds. The normalized spacial score (nSPS) is 18.7. The van der Waals surface area contributed by atoms with Gasteiger partial charge in [0, 0.05) is 36.2 Å². The van der Waals surface area contributed by atoms with Gasteiger partial charge in [0.15, 0.2) is 0 Å². The molecule has 1 aromatic carbocycles. The predicted molar refractivity (Wildman–Crippen MR) is 90.1 cm³/mol. The van der Waals surface area contributed by atoms with Gasteiger partial charge in [-0.3, -0.25) is 9.69 Å². The molecule has 0 N–H and O–H groups in total. The van der Waals surface area contributed by atoms with Gasteiger partial charge in [-0.1, -0.05) is 18.2 Å². The maximum absolute atomic E-state index is 11.6. The van der Waals surface area contributed by atoms with E-state index in [1.54, 1.807) is 6.26 Å². The number of esters is 1. The fraction of sp³-hybridized carbons (Fsp3) is 0.412. The molecule has 0 saturated carbocycles. The first-order valence-electron chi connectivity index (χ1n) is 7.64. The van der Waals surface area contributed by atoms with Gasteiger partial charge in [0.25, 0.3) is 0 Å². The minimum Gasteiger partial charge on any atom is -0.469 e. The highest BCUT2D eigenvalue weighted by Gasteiger charge is 2.26. The van der Waals surface area contributed by atoms with Gasteiger partial charge in [-0.25, -0.2) is 4.98 Å². The number of benzene rings is 1. The van der Waals surface area contributed by atoms with Gasteiger partial charge in [0.05, 0.1) is 19.2 Å². The molecular weight excluding hydrogens is 312 g/mol. The van der Waals surface area contributed by atoms with Crippen LogP contribution in [0.5, 0.6) is 0 Å². The smallest absolute Gasteiger partial charge is 0.307 e. The summed E-state index contributed by atoms with van der Waals surface area (Å²) in [6.07, 6.45) is 2.13. The number of carbonyl (C=O) groups excluding carboxylic acids is 1. The van der Waals surface area contributed by atoms with Crippen LogP contribution in [0.1, 0.15) is 12.1 Å². The third kappa shape index (κ3) is 4.14. The topological polar surface area (TPSA) is 55.6 Å². The zero-order valence-electron chi connectivity index (χ0n) is 13.1. The lowest BCUT2D eigenvalue weighted by molar-refractivity contribution is -0.141. The fourth-order valence-electron chi connectivity index (χ4n) is 2.66. The van der Waals surface area contributed by atoms with Crippen molar-refractivity contribution < 1.29 is 13.9 Å². The highest BCUT2D eigenvalue weighted by molar-refractivity contribution is 7.99. The third-order valence-corrected chi connectivity index (χ3v) is 5.01. The van der Waals surface area contributed by atoms with Crippen LogP contribution in [0.3, 0.4) is 0 Å². The first-order chi connectivity index (χ1) is 11.3. The standard InChI is InChI=1S/C17H20N2O3S/c1-21-16(20)9-15-12-23-8-7-19(15)10-14-11-22-17(18-14)13-5-3-2-4-6-13/h2-6,11,15H,7-10,12H2,1H3/t15-/m0/s1. The van der Waals surface area contributed by atoms with Gasteiger partial charge in [0.2, 0.25) is 5.89 Å². The van der Waals surface area contributed by atoms with Crippen molar-refractivity contribution in [3.63, 3.8) is 0 Å². The average Bonchev–Trinajstić information content (AvgIpc) is 3.06. The monoisotopic (exact) mass is 332 g/mol. The summed E-state index contributed by atoms with van der Waals surface area (Å²) in [5, 5.41) is 0. The minimum absolute atomic E-state index is 0.160. The number of hydrogen-bond acceptors (Lipinski definition) is 6. The summed E-state index contributed by atoms with van der Waals surface area (Å²) in [5.41, 5.74) is 1.87. The van der Waals surface area contributed by atoms with Gasteiger partial charge in [-0.15, -0.1) is 0 Å². The van der Waals surface area contributed by atoms with Crippen molar-refractivity contribution in [2.45, 2.75) is 19.0 Å². The van der Waals surface area contributed by atoms with Crippen molar-refractivity contribution in [3.05, 3.63) is 42.3 Å². The van der Waals surface area contributed by atoms with Crippen molar-refractivity contribution in [1.82, 2.24) is 9.88 Å². The molecule has 1 aliphatic heterocycles. The number of ether oxygens (including phenoxy) is 1. The van der Waals surface area contributed by atoms with E-state index in [2.05, 4.69) is 9.88 Å². The Hall–Kier alpha value is -1.79. The third-order valence-electron chi connectivity index (χ3n) is 3.92. The highest BCUT2D eigenvalue weighted by Crippen LogP contribution is 2.23. The molecule has 5 nitrogen and oxygen atoms in total. The number of rotatable bonds is 5. The molecule has 0 unspecified atom stereocenters. The summed E-state index contributed by atoms with van der Waals surface area (Å²) in [5.74, 6) is 2.49. The molecule has 1 atom stereocenters. The first-order valence-corrected chi connectivity index (χ1v) is 8.80. The Morgan fingerprint density at radius 1 is 1.43 bits per heavy atom. The molecule has 0 bridgehead atoms. The van der Waals surface area contributed by atoms with E-state index in [9.17, 15) is 4.79 Å². The number of aromatic nitrogens is 1. The molecule has 1 aliphatic rings. The lowest BCUT2D eigenvalue weighted by Gasteiger charge is -2.34. The quantitative estimate of drug-likeness (QED) is 0.785. The van der Waals surface area contributed by atoms with E-state index in [0.29, 0.717) is 18.9 Å². The maximum atomic E-state index is 11.6. The van der Waals surface area contributed by atoms with Crippen molar-refractivity contribution in [1.29, 1.82) is 0 Å². The Bertz CT molecular complexity index is 644. The molecule has 0 aliphatic carbocycles. The Balaban J connectivity index is 1.68. The van der Waals surface area contributed by atoms with Crippen LogP contribution in [0.25, 0.3) is 11.5 Å². The van der Waals surface area contributed by atoms with Gasteiger partial charge >= 0.3 is 5.97 Å². The highest BCUT2D eigenvalue weighted by atomic mass is 32.2. The molecule has 0 radical (unpaired) electrons. The van der Waals surface area contributed by atoms with E-state index < -0.39 is 0 Å². The number of thioether (sulfide) groups is 1. The van der Waals surface area contributed by atoms with Gasteiger partial charge < -0.3 is 9.15 Å². The molecule has 23 heavy (non-hydrogen) atoms. The zero-order valence-corrected chi connectivity index (χ0v) is 13.9. The molecule has 1 aromatic heterocycles. The minimum atomic E-state index is -0.160. The van der Waals surface area contributed by atoms with E-state index in [1.165, 1.54) is 7.11 Å². The van der Waals surface area contributed by atoms with E-state index in [4.69, 9.17) is 9.15 Å². The average molecular weight is 332 g/mol. The summed E-state index contributed by atoms with van der Waals surface area (Å²) in [6.45, 7) is 1.64. The van der Waals surface area contributed by atoms with Crippen LogP contribution >= 0.6 is 11.8 Å².